The van der Waals surface area contributed by atoms with E-state index in [-0.39, 0.29) is 16.6 Å². The summed E-state index contributed by atoms with van der Waals surface area (Å²) in [6, 6.07) is 20.6. The molecule has 3 aromatic rings. The molecule has 0 bridgehead atoms. The van der Waals surface area contributed by atoms with Crippen molar-refractivity contribution in [2.45, 2.75) is 11.4 Å². The Bertz CT molecular complexity index is 1250. The third kappa shape index (κ3) is 6.38. The highest BCUT2D eigenvalue weighted by molar-refractivity contribution is 9.10. The number of nitrogens with zero attached hydrogens (tertiary/aromatic N) is 1. The maximum absolute atomic E-state index is 12.9. The lowest BCUT2D eigenvalue weighted by molar-refractivity contribution is 0.0974. The van der Waals surface area contributed by atoms with Crippen LogP contribution in [0.1, 0.15) is 15.9 Å². The molecule has 0 aliphatic rings. The highest BCUT2D eigenvalue weighted by Crippen LogP contribution is 2.23. The van der Waals surface area contributed by atoms with Crippen LogP contribution in [0.4, 0.5) is 5.69 Å². The van der Waals surface area contributed by atoms with Crippen molar-refractivity contribution in [3.05, 3.63) is 88.4 Å². The maximum Gasteiger partial charge on any atom is 0.261 e. The van der Waals surface area contributed by atoms with E-state index in [0.29, 0.717) is 17.0 Å². The Labute approximate surface area is 206 Å². The number of methoxy groups -OCH3 is 1. The zero-order valence-electron chi connectivity index (χ0n) is 17.9. The molecule has 0 saturated heterocycles. The van der Waals surface area contributed by atoms with E-state index >= 15 is 0 Å². The summed E-state index contributed by atoms with van der Waals surface area (Å²) in [5.74, 6) is -0.0277. The van der Waals surface area contributed by atoms with Gasteiger partial charge in [-0.2, -0.15) is 4.31 Å². The van der Waals surface area contributed by atoms with Crippen LogP contribution < -0.4 is 15.4 Å². The third-order valence-corrected chi connectivity index (χ3v) is 7.22. The van der Waals surface area contributed by atoms with Crippen molar-refractivity contribution < 1.29 is 17.9 Å². The summed E-state index contributed by atoms with van der Waals surface area (Å²) < 4.78 is 33.0. The summed E-state index contributed by atoms with van der Waals surface area (Å²) in [4.78, 5) is 12.7. The summed E-state index contributed by atoms with van der Waals surface area (Å²) in [6.45, 7) is 0.262. The molecule has 0 heterocycles. The van der Waals surface area contributed by atoms with Gasteiger partial charge in [0.25, 0.3) is 5.91 Å². The number of nitrogens with one attached hydrogen (secondary N) is 2. The number of halogens is 1. The molecule has 0 atom stereocenters. The minimum absolute atomic E-state index is 0.0684. The van der Waals surface area contributed by atoms with Crippen LogP contribution in [0.3, 0.4) is 0 Å². The summed E-state index contributed by atoms with van der Waals surface area (Å²) >= 11 is 8.55. The van der Waals surface area contributed by atoms with E-state index in [0.717, 1.165) is 10.0 Å². The Balaban J connectivity index is 1.64. The van der Waals surface area contributed by atoms with Crippen LogP contribution in [-0.2, 0) is 16.6 Å². The number of ether oxygens (including phenoxy) is 1. The molecule has 2 N–H and O–H groups in total. The number of anilines is 1. The lowest BCUT2D eigenvalue weighted by Crippen LogP contribution is -2.34. The van der Waals surface area contributed by atoms with Gasteiger partial charge in [0.1, 0.15) is 5.75 Å². The molecular formula is C23H22BrN3O4S2. The van der Waals surface area contributed by atoms with Crippen LogP contribution in [0.2, 0.25) is 0 Å². The molecule has 0 aliphatic heterocycles. The number of rotatable bonds is 7. The van der Waals surface area contributed by atoms with Crippen molar-refractivity contribution in [1.82, 2.24) is 9.62 Å². The summed E-state index contributed by atoms with van der Waals surface area (Å²) in [7, 11) is -0.652. The molecule has 3 rings (SSSR count). The second-order valence-electron chi connectivity index (χ2n) is 7.02. The third-order valence-electron chi connectivity index (χ3n) is 4.70. The molecule has 0 radical (unpaired) electrons. The minimum atomic E-state index is -3.66. The number of hydrogen-bond donors (Lipinski definition) is 2. The summed E-state index contributed by atoms with van der Waals surface area (Å²) in [6.07, 6.45) is 0. The molecule has 1 amide bonds. The average molecular weight is 548 g/mol. The molecule has 0 saturated carbocycles. The molecule has 3 aromatic carbocycles. The van der Waals surface area contributed by atoms with E-state index in [4.69, 9.17) is 17.0 Å². The van der Waals surface area contributed by atoms with Crippen LogP contribution in [-0.4, -0.2) is 37.9 Å². The molecule has 0 unspecified atom stereocenters. The molecule has 0 aliphatic carbocycles. The van der Waals surface area contributed by atoms with Gasteiger partial charge in [-0.1, -0.05) is 46.3 Å². The Morgan fingerprint density at radius 2 is 1.73 bits per heavy atom. The minimum Gasteiger partial charge on any atom is -0.496 e. The van der Waals surface area contributed by atoms with Crippen LogP contribution in [0, 0.1) is 0 Å². The van der Waals surface area contributed by atoms with E-state index in [2.05, 4.69) is 26.6 Å². The fraction of sp³-hybridized carbons (Fsp3) is 0.130. The van der Waals surface area contributed by atoms with Gasteiger partial charge in [-0.3, -0.25) is 10.1 Å². The van der Waals surface area contributed by atoms with E-state index in [1.165, 1.54) is 30.6 Å². The van der Waals surface area contributed by atoms with Crippen molar-refractivity contribution in [1.29, 1.82) is 0 Å². The van der Waals surface area contributed by atoms with Crippen molar-refractivity contribution in [3.8, 4) is 5.75 Å². The monoisotopic (exact) mass is 547 g/mol. The second kappa shape index (κ2) is 10.9. The van der Waals surface area contributed by atoms with Gasteiger partial charge in [0.05, 0.1) is 17.6 Å². The number of carbonyl (C=O) groups is 1. The van der Waals surface area contributed by atoms with Crippen molar-refractivity contribution in [3.63, 3.8) is 0 Å². The number of carbonyl (C=O) groups excluding carboxylic acids is 1. The first-order valence-corrected chi connectivity index (χ1v) is 12.4. The SMILES string of the molecule is COc1ccc(Br)cc1C(=O)NC(=S)Nc1ccc(S(=O)(=O)N(C)Cc2ccccc2)cc1. The standard InChI is InChI=1S/C23H22BrN3O4S2/c1-27(15-16-6-4-3-5-7-16)33(29,30)19-11-9-18(10-12-19)25-23(32)26-22(28)20-14-17(24)8-13-21(20)31-2/h3-14H,15H2,1-2H3,(H2,25,26,28,32). The molecule has 33 heavy (non-hydrogen) atoms. The number of benzene rings is 3. The lowest BCUT2D eigenvalue weighted by atomic mass is 10.2. The number of sulfonamides is 1. The molecular weight excluding hydrogens is 526 g/mol. The zero-order valence-corrected chi connectivity index (χ0v) is 21.1. The molecule has 10 heteroatoms. The second-order valence-corrected chi connectivity index (χ2v) is 10.4. The Morgan fingerprint density at radius 3 is 2.36 bits per heavy atom. The van der Waals surface area contributed by atoms with Crippen molar-refractivity contribution in [2.75, 3.05) is 19.5 Å². The van der Waals surface area contributed by atoms with Gasteiger partial charge in [0.2, 0.25) is 10.0 Å². The quantitative estimate of drug-likeness (QED) is 0.426. The maximum atomic E-state index is 12.9. The van der Waals surface area contributed by atoms with Crippen LogP contribution in [0.25, 0.3) is 0 Å². The molecule has 0 spiro atoms. The van der Waals surface area contributed by atoms with Crippen LogP contribution in [0.15, 0.2) is 82.2 Å². The van der Waals surface area contributed by atoms with Gasteiger partial charge in [0.15, 0.2) is 5.11 Å². The van der Waals surface area contributed by atoms with E-state index in [1.54, 1.807) is 30.3 Å². The number of thiocarbonyl (C=S) groups is 1. The topological polar surface area (TPSA) is 87.7 Å². The number of amides is 1. The highest BCUT2D eigenvalue weighted by atomic mass is 79.9. The Morgan fingerprint density at radius 1 is 1.06 bits per heavy atom. The first kappa shape index (κ1) is 24.8. The van der Waals surface area contributed by atoms with E-state index < -0.39 is 15.9 Å². The van der Waals surface area contributed by atoms with Gasteiger partial charge in [0, 0.05) is 23.8 Å². The predicted molar refractivity (Wildman–Crippen MR) is 136 cm³/mol. The smallest absolute Gasteiger partial charge is 0.261 e. The van der Waals surface area contributed by atoms with E-state index in [1.807, 2.05) is 30.3 Å². The van der Waals surface area contributed by atoms with Gasteiger partial charge >= 0.3 is 0 Å². The Hall–Kier alpha value is -2.79. The summed E-state index contributed by atoms with van der Waals surface area (Å²) in [5.41, 5.74) is 1.75. The first-order valence-electron chi connectivity index (χ1n) is 9.77. The molecule has 7 nitrogen and oxygen atoms in total. The van der Waals surface area contributed by atoms with Gasteiger partial charge < -0.3 is 10.1 Å². The lowest BCUT2D eigenvalue weighted by Gasteiger charge is -2.18. The predicted octanol–water partition coefficient (Wildman–Crippen LogP) is 4.41. The van der Waals surface area contributed by atoms with Crippen molar-refractivity contribution >= 4 is 54.9 Å². The van der Waals surface area contributed by atoms with Gasteiger partial charge in [-0.05, 0) is 60.2 Å². The summed E-state index contributed by atoms with van der Waals surface area (Å²) in [5, 5.41) is 5.54. The van der Waals surface area contributed by atoms with Gasteiger partial charge in [-0.25, -0.2) is 8.42 Å². The largest absolute Gasteiger partial charge is 0.496 e. The molecule has 0 fully saturated rings. The zero-order chi connectivity index (χ0) is 24.0. The fourth-order valence-electron chi connectivity index (χ4n) is 3.01. The highest BCUT2D eigenvalue weighted by Gasteiger charge is 2.21. The van der Waals surface area contributed by atoms with E-state index in [9.17, 15) is 13.2 Å². The number of hydrogen-bond acceptors (Lipinski definition) is 5. The van der Waals surface area contributed by atoms with Gasteiger partial charge in [-0.15, -0.1) is 0 Å². The molecule has 172 valence electrons. The Kier molecular flexibility index (Phi) is 8.20. The molecule has 0 aromatic heterocycles. The van der Waals surface area contributed by atoms with Crippen LogP contribution >= 0.6 is 28.1 Å². The fourth-order valence-corrected chi connectivity index (χ4v) is 4.74. The first-order chi connectivity index (χ1) is 15.7. The van der Waals surface area contributed by atoms with Crippen LogP contribution in [0.5, 0.6) is 5.75 Å². The van der Waals surface area contributed by atoms with Crippen molar-refractivity contribution in [2.24, 2.45) is 0 Å². The average Bonchev–Trinajstić information content (AvgIpc) is 2.80. The normalized spacial score (nSPS) is 11.2.